The first kappa shape index (κ1) is 14.9. The van der Waals surface area contributed by atoms with Crippen molar-refractivity contribution in [2.75, 3.05) is 32.4 Å². The molecule has 1 heterocycles. The quantitative estimate of drug-likeness (QED) is 0.864. The van der Waals surface area contributed by atoms with Gasteiger partial charge in [0, 0.05) is 26.1 Å². The summed E-state index contributed by atoms with van der Waals surface area (Å²) in [6.45, 7) is 2.71. The van der Waals surface area contributed by atoms with Gasteiger partial charge in [-0.2, -0.15) is 12.6 Å². The summed E-state index contributed by atoms with van der Waals surface area (Å²) < 4.78 is 0. The van der Waals surface area contributed by atoms with E-state index in [0.29, 0.717) is 12.3 Å². The molecule has 1 saturated heterocycles. The summed E-state index contributed by atoms with van der Waals surface area (Å²) in [5.41, 5.74) is 1.44. The molecule has 1 amide bonds. The molecule has 3 nitrogen and oxygen atoms in total. The molecule has 1 aromatic rings. The fourth-order valence-electron chi connectivity index (χ4n) is 3.17. The van der Waals surface area contributed by atoms with Crippen molar-refractivity contribution in [1.29, 1.82) is 0 Å². The van der Waals surface area contributed by atoms with Gasteiger partial charge >= 0.3 is 0 Å². The van der Waals surface area contributed by atoms with Crippen LogP contribution in [0.5, 0.6) is 0 Å². The topological polar surface area (TPSA) is 23.6 Å². The van der Waals surface area contributed by atoms with Crippen LogP contribution in [0, 0.1) is 5.41 Å². The van der Waals surface area contributed by atoms with Crippen LogP contribution in [0.2, 0.25) is 0 Å². The van der Waals surface area contributed by atoms with Gasteiger partial charge in [0.1, 0.15) is 0 Å². The molecule has 1 unspecified atom stereocenters. The van der Waals surface area contributed by atoms with Gasteiger partial charge in [0.15, 0.2) is 0 Å². The third-order valence-corrected chi connectivity index (χ3v) is 5.58. The van der Waals surface area contributed by atoms with Gasteiger partial charge in [0.05, 0.1) is 6.04 Å². The third-order valence-electron chi connectivity index (χ3n) is 4.91. The Morgan fingerprint density at radius 2 is 2.00 bits per heavy atom. The van der Waals surface area contributed by atoms with Crippen molar-refractivity contribution in [2.24, 2.45) is 5.41 Å². The summed E-state index contributed by atoms with van der Waals surface area (Å²) in [6.07, 6.45) is 2.99. The van der Waals surface area contributed by atoms with Crippen molar-refractivity contribution >= 4 is 18.5 Å². The number of hydrogen-bond donors (Lipinski definition) is 1. The van der Waals surface area contributed by atoms with E-state index in [4.69, 9.17) is 0 Å². The van der Waals surface area contributed by atoms with Gasteiger partial charge in [-0.25, -0.2) is 0 Å². The summed E-state index contributed by atoms with van der Waals surface area (Å²) in [5.74, 6) is 1.14. The Hall–Kier alpha value is -1.00. The van der Waals surface area contributed by atoms with Crippen LogP contribution >= 0.6 is 12.6 Å². The van der Waals surface area contributed by atoms with Crippen molar-refractivity contribution in [2.45, 2.75) is 25.3 Å². The molecule has 2 aliphatic rings. The van der Waals surface area contributed by atoms with Crippen LogP contribution in [-0.2, 0) is 4.79 Å². The average Bonchev–Trinajstić information content (AvgIpc) is 3.28. The molecule has 4 heteroatoms. The highest BCUT2D eigenvalue weighted by molar-refractivity contribution is 7.80. The number of rotatable bonds is 4. The Balaban J connectivity index is 1.76. The lowest BCUT2D eigenvalue weighted by Gasteiger charge is -2.41. The maximum absolute atomic E-state index is 12.8. The van der Waals surface area contributed by atoms with E-state index in [-0.39, 0.29) is 11.5 Å². The number of carbonyl (C=O) groups excluding carboxylic acids is 1. The van der Waals surface area contributed by atoms with Gasteiger partial charge in [-0.1, -0.05) is 30.3 Å². The SMILES string of the molecule is CN1CCN(C(=O)CC2(CS)CC2)C(c2ccccc2)C1. The minimum absolute atomic E-state index is 0.188. The second kappa shape index (κ2) is 6.01. The second-order valence-electron chi connectivity index (χ2n) is 6.61. The number of likely N-dealkylation sites (N-methyl/N-ethyl adjacent to an activating group) is 1. The monoisotopic (exact) mass is 304 g/mol. The van der Waals surface area contributed by atoms with Gasteiger partial charge in [-0.15, -0.1) is 0 Å². The number of benzene rings is 1. The molecular weight excluding hydrogens is 280 g/mol. The highest BCUT2D eigenvalue weighted by Gasteiger charge is 2.44. The van der Waals surface area contributed by atoms with Crippen molar-refractivity contribution < 1.29 is 4.79 Å². The average molecular weight is 304 g/mol. The zero-order valence-corrected chi connectivity index (χ0v) is 13.6. The van der Waals surface area contributed by atoms with E-state index in [9.17, 15) is 4.79 Å². The number of thiol groups is 1. The summed E-state index contributed by atoms with van der Waals surface area (Å²) in [4.78, 5) is 17.2. The molecule has 0 bridgehead atoms. The number of piperazine rings is 1. The lowest BCUT2D eigenvalue weighted by atomic mass is 9.99. The fraction of sp³-hybridized carbons (Fsp3) is 0.588. The zero-order valence-electron chi connectivity index (χ0n) is 12.7. The maximum Gasteiger partial charge on any atom is 0.223 e. The van der Waals surface area contributed by atoms with Crippen LogP contribution in [0.3, 0.4) is 0 Å². The normalized spacial score (nSPS) is 24.9. The Kier molecular flexibility index (Phi) is 4.27. The van der Waals surface area contributed by atoms with Gasteiger partial charge in [-0.3, -0.25) is 4.79 Å². The van der Waals surface area contributed by atoms with Gasteiger partial charge in [0.2, 0.25) is 5.91 Å². The number of nitrogens with zero attached hydrogens (tertiary/aromatic N) is 2. The van der Waals surface area contributed by atoms with Crippen LogP contribution < -0.4 is 0 Å². The lowest BCUT2D eigenvalue weighted by molar-refractivity contribution is -0.137. The molecule has 3 rings (SSSR count). The van der Waals surface area contributed by atoms with E-state index in [1.807, 2.05) is 6.07 Å². The predicted molar refractivity (Wildman–Crippen MR) is 88.5 cm³/mol. The van der Waals surface area contributed by atoms with Gasteiger partial charge < -0.3 is 9.80 Å². The third kappa shape index (κ3) is 3.27. The van der Waals surface area contributed by atoms with Crippen LogP contribution in [-0.4, -0.2) is 48.1 Å². The molecule has 0 aromatic heterocycles. The Labute approximate surface area is 132 Å². The van der Waals surface area contributed by atoms with Crippen molar-refractivity contribution in [3.63, 3.8) is 0 Å². The molecular formula is C17H24N2OS. The molecule has 1 aliphatic heterocycles. The largest absolute Gasteiger partial charge is 0.333 e. The molecule has 114 valence electrons. The molecule has 0 spiro atoms. The maximum atomic E-state index is 12.8. The van der Waals surface area contributed by atoms with Crippen LogP contribution in [0.15, 0.2) is 30.3 Å². The van der Waals surface area contributed by atoms with Crippen molar-refractivity contribution in [1.82, 2.24) is 9.80 Å². The van der Waals surface area contributed by atoms with E-state index in [1.165, 1.54) is 5.56 Å². The van der Waals surface area contributed by atoms with E-state index in [2.05, 4.69) is 53.7 Å². The smallest absolute Gasteiger partial charge is 0.223 e. The number of carbonyl (C=O) groups is 1. The van der Waals surface area contributed by atoms with Crippen LogP contribution in [0.25, 0.3) is 0 Å². The summed E-state index contributed by atoms with van der Waals surface area (Å²) in [6, 6.07) is 10.6. The fourth-order valence-corrected chi connectivity index (χ4v) is 3.60. The molecule has 1 saturated carbocycles. The molecule has 1 atom stereocenters. The molecule has 0 radical (unpaired) electrons. The predicted octanol–water partition coefficient (Wildman–Crippen LogP) is 2.60. The summed E-state index contributed by atoms with van der Waals surface area (Å²) in [7, 11) is 2.13. The Morgan fingerprint density at radius 3 is 2.62 bits per heavy atom. The van der Waals surface area contributed by atoms with Crippen molar-refractivity contribution in [3.8, 4) is 0 Å². The number of amides is 1. The highest BCUT2D eigenvalue weighted by Crippen LogP contribution is 2.50. The molecule has 2 fully saturated rings. The first-order chi connectivity index (χ1) is 10.1. The molecule has 0 N–H and O–H groups in total. The standard InChI is InChI=1S/C17H24N2OS/c1-18-9-10-19(16(20)11-17(13-21)7-8-17)15(12-18)14-5-3-2-4-6-14/h2-6,15,21H,7-13H2,1H3. The van der Waals surface area contributed by atoms with Crippen LogP contribution in [0.4, 0.5) is 0 Å². The van der Waals surface area contributed by atoms with E-state index in [1.54, 1.807) is 0 Å². The van der Waals surface area contributed by atoms with Crippen LogP contribution in [0.1, 0.15) is 30.9 Å². The van der Waals surface area contributed by atoms with E-state index >= 15 is 0 Å². The number of hydrogen-bond acceptors (Lipinski definition) is 3. The second-order valence-corrected chi connectivity index (χ2v) is 6.93. The Morgan fingerprint density at radius 1 is 1.29 bits per heavy atom. The summed E-state index contributed by atoms with van der Waals surface area (Å²) >= 11 is 4.43. The lowest BCUT2D eigenvalue weighted by Crippen LogP contribution is -2.49. The minimum Gasteiger partial charge on any atom is -0.333 e. The summed E-state index contributed by atoms with van der Waals surface area (Å²) in [5, 5.41) is 0. The molecule has 21 heavy (non-hydrogen) atoms. The first-order valence-electron chi connectivity index (χ1n) is 7.77. The Bertz CT molecular complexity index is 501. The van der Waals surface area contributed by atoms with Gasteiger partial charge in [-0.05, 0) is 36.6 Å². The highest BCUT2D eigenvalue weighted by atomic mass is 32.1. The van der Waals surface area contributed by atoms with Crippen molar-refractivity contribution in [3.05, 3.63) is 35.9 Å². The minimum atomic E-state index is 0.188. The van der Waals surface area contributed by atoms with E-state index in [0.717, 1.165) is 38.2 Å². The molecule has 1 aromatic carbocycles. The first-order valence-corrected chi connectivity index (χ1v) is 8.41. The molecule has 1 aliphatic carbocycles. The zero-order chi connectivity index (χ0) is 14.9. The van der Waals surface area contributed by atoms with Gasteiger partial charge in [0.25, 0.3) is 0 Å². The van der Waals surface area contributed by atoms with E-state index < -0.39 is 0 Å².